The van der Waals surface area contributed by atoms with Crippen LogP contribution in [0, 0.1) is 12.8 Å². The van der Waals surface area contributed by atoms with Crippen molar-refractivity contribution in [3.63, 3.8) is 0 Å². The van der Waals surface area contributed by atoms with Crippen LogP contribution >= 0.6 is 0 Å². The average Bonchev–Trinajstić information content (AvgIpc) is 3.09. The second-order valence-corrected chi connectivity index (χ2v) is 6.23. The summed E-state index contributed by atoms with van der Waals surface area (Å²) in [7, 11) is 1.63. The highest BCUT2D eigenvalue weighted by Crippen LogP contribution is 2.48. The van der Waals surface area contributed by atoms with E-state index in [1.807, 2.05) is 43.3 Å². The Morgan fingerprint density at radius 3 is 2.92 bits per heavy atom. The average molecular weight is 337 g/mol. The van der Waals surface area contributed by atoms with Crippen LogP contribution in [-0.2, 0) is 4.79 Å². The lowest BCUT2D eigenvalue weighted by Gasteiger charge is -2.07. The summed E-state index contributed by atoms with van der Waals surface area (Å²) >= 11 is 0. The van der Waals surface area contributed by atoms with E-state index in [2.05, 4.69) is 15.5 Å². The predicted octanol–water partition coefficient (Wildman–Crippen LogP) is 3.73. The Hall–Kier alpha value is -3.02. The number of hydrogen-bond donors (Lipinski definition) is 2. The van der Waals surface area contributed by atoms with E-state index in [0.717, 1.165) is 34.8 Å². The second kappa shape index (κ2) is 6.12. The first-order valence-corrected chi connectivity index (χ1v) is 8.21. The Balaban J connectivity index is 1.51. The van der Waals surface area contributed by atoms with Crippen molar-refractivity contribution in [2.45, 2.75) is 19.3 Å². The van der Waals surface area contributed by atoms with Crippen molar-refractivity contribution in [3.8, 4) is 17.0 Å². The van der Waals surface area contributed by atoms with Gasteiger partial charge in [-0.3, -0.25) is 9.89 Å². The summed E-state index contributed by atoms with van der Waals surface area (Å²) in [5, 5.41) is 10.2. The molecule has 2 N–H and O–H groups in total. The number of anilines is 1. The fourth-order valence-electron chi connectivity index (χ4n) is 3.14. The maximum Gasteiger partial charge on any atom is 0.229 e. The van der Waals surface area contributed by atoms with Crippen molar-refractivity contribution in [2.75, 3.05) is 12.4 Å². The minimum atomic E-state index is -0.0584. The maximum absolute atomic E-state index is 12.5. The lowest BCUT2D eigenvalue weighted by atomic mass is 10.1. The molecule has 0 aliphatic heterocycles. The minimum absolute atomic E-state index is 0.0254. The van der Waals surface area contributed by atoms with Gasteiger partial charge in [-0.25, -0.2) is 0 Å². The number of para-hydroxylation sites is 1. The van der Waals surface area contributed by atoms with Crippen LogP contribution in [0.15, 0.2) is 47.1 Å². The number of hydrogen-bond acceptors (Lipinski definition) is 4. The molecule has 0 unspecified atom stereocenters. The van der Waals surface area contributed by atoms with Gasteiger partial charge in [-0.2, -0.15) is 5.10 Å². The molecule has 1 saturated carbocycles. The van der Waals surface area contributed by atoms with Gasteiger partial charge < -0.3 is 14.5 Å². The van der Waals surface area contributed by atoms with Crippen LogP contribution in [0.1, 0.15) is 23.7 Å². The van der Waals surface area contributed by atoms with E-state index in [0.29, 0.717) is 5.82 Å². The number of H-pyrrole nitrogens is 1. The number of carbonyl (C=O) groups excluding carboxylic acids is 1. The summed E-state index contributed by atoms with van der Waals surface area (Å²) < 4.78 is 10.8. The molecule has 6 heteroatoms. The molecule has 0 radical (unpaired) electrons. The number of aromatic nitrogens is 2. The molecule has 25 heavy (non-hydrogen) atoms. The second-order valence-electron chi connectivity index (χ2n) is 6.23. The summed E-state index contributed by atoms with van der Waals surface area (Å²) in [5.41, 5.74) is 2.63. The van der Waals surface area contributed by atoms with Gasteiger partial charge in [0.15, 0.2) is 5.82 Å². The van der Waals surface area contributed by atoms with Crippen LogP contribution in [0.3, 0.4) is 0 Å². The number of rotatable bonds is 5. The monoisotopic (exact) mass is 337 g/mol. The lowest BCUT2D eigenvalue weighted by Crippen LogP contribution is -2.15. The molecule has 0 bridgehead atoms. The number of nitrogens with one attached hydrogen (secondary N) is 2. The minimum Gasteiger partial charge on any atom is -0.496 e. The van der Waals surface area contributed by atoms with Crippen molar-refractivity contribution in [1.82, 2.24) is 10.2 Å². The molecule has 0 spiro atoms. The molecular formula is C19H19N3O3. The summed E-state index contributed by atoms with van der Waals surface area (Å²) in [6.07, 6.45) is 2.45. The molecule has 1 aliphatic rings. The van der Waals surface area contributed by atoms with E-state index in [9.17, 15) is 4.79 Å². The highest BCUT2D eigenvalue weighted by atomic mass is 16.5. The molecule has 128 valence electrons. The molecular weight excluding hydrogens is 318 g/mol. The zero-order valence-electron chi connectivity index (χ0n) is 14.1. The predicted molar refractivity (Wildman–Crippen MR) is 93.5 cm³/mol. The smallest absolute Gasteiger partial charge is 0.229 e. The molecule has 2 atom stereocenters. The molecule has 1 fully saturated rings. The molecule has 0 saturated heterocycles. The van der Waals surface area contributed by atoms with Gasteiger partial charge in [-0.05, 0) is 37.6 Å². The third-order valence-corrected chi connectivity index (χ3v) is 4.66. The zero-order chi connectivity index (χ0) is 17.4. The molecule has 4 rings (SSSR count). The van der Waals surface area contributed by atoms with Gasteiger partial charge in [0.25, 0.3) is 0 Å². The molecule has 2 heterocycles. The summed E-state index contributed by atoms with van der Waals surface area (Å²) in [5.74, 6) is 2.26. The van der Waals surface area contributed by atoms with Crippen molar-refractivity contribution in [3.05, 3.63) is 54.0 Å². The Labute approximate surface area is 145 Å². The number of amides is 1. The topological polar surface area (TPSA) is 80.1 Å². The third kappa shape index (κ3) is 2.80. The normalized spacial score (nSPS) is 18.8. The van der Waals surface area contributed by atoms with Crippen LogP contribution in [-0.4, -0.2) is 23.2 Å². The van der Waals surface area contributed by atoms with Gasteiger partial charge in [0, 0.05) is 23.0 Å². The first kappa shape index (κ1) is 15.5. The van der Waals surface area contributed by atoms with Crippen LogP contribution in [0.4, 0.5) is 5.82 Å². The lowest BCUT2D eigenvalue weighted by molar-refractivity contribution is -0.117. The van der Waals surface area contributed by atoms with E-state index in [1.54, 1.807) is 13.4 Å². The van der Waals surface area contributed by atoms with Crippen molar-refractivity contribution < 1.29 is 13.9 Å². The highest BCUT2D eigenvalue weighted by molar-refractivity contribution is 5.95. The van der Waals surface area contributed by atoms with Gasteiger partial charge in [-0.1, -0.05) is 12.1 Å². The standard InChI is InChI=1S/C19H19N3O3/c1-11-17(12-6-3-4-7-15(12)24-2)21-22-18(11)20-19(23)14-10-13(14)16-8-5-9-25-16/h3-9,13-14H,10H2,1-2H3,(H2,20,21,22,23)/t13-,14-/m1/s1. The molecule has 1 aromatic carbocycles. The molecule has 1 aliphatic carbocycles. The third-order valence-electron chi connectivity index (χ3n) is 4.66. The number of furan rings is 1. The van der Waals surface area contributed by atoms with Gasteiger partial charge in [0.05, 0.1) is 19.1 Å². The highest BCUT2D eigenvalue weighted by Gasteiger charge is 2.46. The summed E-state index contributed by atoms with van der Waals surface area (Å²) in [6, 6.07) is 11.5. The van der Waals surface area contributed by atoms with Crippen LogP contribution < -0.4 is 10.1 Å². The summed E-state index contributed by atoms with van der Waals surface area (Å²) in [4.78, 5) is 12.5. The molecule has 3 aromatic rings. The Morgan fingerprint density at radius 2 is 2.16 bits per heavy atom. The van der Waals surface area contributed by atoms with E-state index in [4.69, 9.17) is 9.15 Å². The van der Waals surface area contributed by atoms with Gasteiger partial charge in [0.1, 0.15) is 11.5 Å². The first-order valence-electron chi connectivity index (χ1n) is 8.21. The van der Waals surface area contributed by atoms with Crippen LogP contribution in [0.5, 0.6) is 5.75 Å². The van der Waals surface area contributed by atoms with Crippen molar-refractivity contribution in [1.29, 1.82) is 0 Å². The van der Waals surface area contributed by atoms with Gasteiger partial charge >= 0.3 is 0 Å². The van der Waals surface area contributed by atoms with Crippen molar-refractivity contribution >= 4 is 11.7 Å². The first-order chi connectivity index (χ1) is 12.2. The molecule has 2 aromatic heterocycles. The maximum atomic E-state index is 12.5. The number of aromatic amines is 1. The fourth-order valence-corrected chi connectivity index (χ4v) is 3.14. The van der Waals surface area contributed by atoms with E-state index in [1.165, 1.54) is 0 Å². The van der Waals surface area contributed by atoms with E-state index in [-0.39, 0.29) is 17.7 Å². The fraction of sp³-hybridized carbons (Fsp3) is 0.263. The van der Waals surface area contributed by atoms with Crippen molar-refractivity contribution in [2.24, 2.45) is 5.92 Å². The quantitative estimate of drug-likeness (QED) is 0.743. The largest absolute Gasteiger partial charge is 0.496 e. The number of nitrogens with zero attached hydrogens (tertiary/aromatic N) is 1. The van der Waals surface area contributed by atoms with Crippen LogP contribution in [0.25, 0.3) is 11.3 Å². The Morgan fingerprint density at radius 1 is 1.32 bits per heavy atom. The number of ether oxygens (including phenoxy) is 1. The molecule has 1 amide bonds. The molecule has 6 nitrogen and oxygen atoms in total. The Bertz CT molecular complexity index is 899. The van der Waals surface area contributed by atoms with Gasteiger partial charge in [-0.15, -0.1) is 0 Å². The zero-order valence-corrected chi connectivity index (χ0v) is 14.1. The number of methoxy groups -OCH3 is 1. The Kier molecular flexibility index (Phi) is 3.80. The van der Waals surface area contributed by atoms with E-state index < -0.39 is 0 Å². The number of carbonyl (C=O) groups is 1. The van der Waals surface area contributed by atoms with E-state index >= 15 is 0 Å². The van der Waals surface area contributed by atoms with Gasteiger partial charge in [0.2, 0.25) is 5.91 Å². The SMILES string of the molecule is COc1ccccc1-c1[nH]nc(NC(=O)[C@@H]2C[C@H]2c2ccco2)c1C. The summed E-state index contributed by atoms with van der Waals surface area (Å²) in [6.45, 7) is 1.93. The van der Waals surface area contributed by atoms with Crippen LogP contribution in [0.2, 0.25) is 0 Å². The number of benzene rings is 1.